The van der Waals surface area contributed by atoms with Gasteiger partial charge in [-0.1, -0.05) is 37.3 Å². The van der Waals surface area contributed by atoms with Crippen molar-refractivity contribution in [1.29, 1.82) is 0 Å². The minimum absolute atomic E-state index is 0.202. The number of nitrogens with zero attached hydrogens (tertiary/aromatic N) is 5. The standard InChI is InChI=1S/C22H31N5O/c1-22(9-13-25(14-10-22)15-19-5-3-2-4-6-19)21(28)26-11-7-20(8-12-26)16-27-18-23-17-24-27/h2-6,17-18,20H,7-16H2,1H3. The van der Waals surface area contributed by atoms with Crippen LogP contribution in [-0.4, -0.2) is 56.7 Å². The SMILES string of the molecule is CC1(C(=O)N2CCC(Cn3cncn3)CC2)CCN(Cc2ccccc2)CC1. The van der Waals surface area contributed by atoms with E-state index in [0.29, 0.717) is 11.8 Å². The molecule has 2 aromatic rings. The highest BCUT2D eigenvalue weighted by atomic mass is 16.2. The molecular weight excluding hydrogens is 350 g/mol. The van der Waals surface area contributed by atoms with E-state index in [0.717, 1.165) is 65.0 Å². The van der Waals surface area contributed by atoms with Crippen LogP contribution < -0.4 is 0 Å². The predicted molar refractivity (Wildman–Crippen MR) is 108 cm³/mol. The molecule has 1 aromatic heterocycles. The summed E-state index contributed by atoms with van der Waals surface area (Å²) in [4.78, 5) is 21.9. The van der Waals surface area contributed by atoms with Crippen LogP contribution >= 0.6 is 0 Å². The van der Waals surface area contributed by atoms with Crippen molar-refractivity contribution in [2.75, 3.05) is 26.2 Å². The molecule has 2 saturated heterocycles. The van der Waals surface area contributed by atoms with Gasteiger partial charge in [-0.05, 0) is 50.3 Å². The summed E-state index contributed by atoms with van der Waals surface area (Å²) in [7, 11) is 0. The first-order valence-electron chi connectivity index (χ1n) is 10.5. The van der Waals surface area contributed by atoms with Gasteiger partial charge in [-0.15, -0.1) is 0 Å². The van der Waals surface area contributed by atoms with Crippen LogP contribution in [-0.2, 0) is 17.9 Å². The maximum Gasteiger partial charge on any atom is 0.228 e. The van der Waals surface area contributed by atoms with E-state index in [9.17, 15) is 4.79 Å². The Hall–Kier alpha value is -2.21. The van der Waals surface area contributed by atoms with E-state index in [2.05, 4.69) is 57.1 Å². The highest BCUT2D eigenvalue weighted by Gasteiger charge is 2.40. The molecule has 3 heterocycles. The molecule has 0 N–H and O–H groups in total. The Kier molecular flexibility index (Phi) is 5.76. The van der Waals surface area contributed by atoms with Crippen molar-refractivity contribution >= 4 is 5.91 Å². The normalized spacial score (nSPS) is 21.0. The second-order valence-electron chi connectivity index (χ2n) is 8.68. The summed E-state index contributed by atoms with van der Waals surface area (Å²) in [6, 6.07) is 10.6. The van der Waals surface area contributed by atoms with Crippen molar-refractivity contribution < 1.29 is 4.79 Å². The van der Waals surface area contributed by atoms with Crippen molar-refractivity contribution in [2.45, 2.75) is 45.7 Å². The fourth-order valence-corrected chi connectivity index (χ4v) is 4.55. The molecule has 150 valence electrons. The number of carbonyl (C=O) groups is 1. The molecule has 4 rings (SSSR count). The predicted octanol–water partition coefficient (Wildman–Crippen LogP) is 2.82. The molecule has 0 bridgehead atoms. The molecule has 0 aliphatic carbocycles. The zero-order valence-corrected chi connectivity index (χ0v) is 16.8. The second kappa shape index (κ2) is 8.43. The molecule has 2 aliphatic heterocycles. The highest BCUT2D eigenvalue weighted by molar-refractivity contribution is 5.82. The highest BCUT2D eigenvalue weighted by Crippen LogP contribution is 2.35. The van der Waals surface area contributed by atoms with E-state index in [1.165, 1.54) is 5.56 Å². The van der Waals surface area contributed by atoms with E-state index < -0.39 is 0 Å². The molecule has 6 heteroatoms. The first kappa shape index (κ1) is 19.1. The number of hydrogen-bond acceptors (Lipinski definition) is 4. The summed E-state index contributed by atoms with van der Waals surface area (Å²) < 4.78 is 1.91. The fraction of sp³-hybridized carbons (Fsp3) is 0.591. The van der Waals surface area contributed by atoms with Gasteiger partial charge in [0, 0.05) is 31.6 Å². The summed E-state index contributed by atoms with van der Waals surface area (Å²) in [5.74, 6) is 0.956. The molecule has 28 heavy (non-hydrogen) atoms. The fourth-order valence-electron chi connectivity index (χ4n) is 4.55. The van der Waals surface area contributed by atoms with Gasteiger partial charge in [0.15, 0.2) is 0 Å². The topological polar surface area (TPSA) is 54.3 Å². The summed E-state index contributed by atoms with van der Waals surface area (Å²) in [6.07, 6.45) is 7.39. The van der Waals surface area contributed by atoms with E-state index in [1.54, 1.807) is 12.7 Å². The Morgan fingerprint density at radius 3 is 2.46 bits per heavy atom. The summed E-state index contributed by atoms with van der Waals surface area (Å²) in [5, 5.41) is 4.21. The van der Waals surface area contributed by atoms with Crippen LogP contribution in [0.4, 0.5) is 0 Å². The number of hydrogen-bond donors (Lipinski definition) is 0. The Bertz CT molecular complexity index is 744. The maximum absolute atomic E-state index is 13.2. The van der Waals surface area contributed by atoms with Crippen LogP contribution in [0.25, 0.3) is 0 Å². The van der Waals surface area contributed by atoms with Gasteiger partial charge in [0.1, 0.15) is 12.7 Å². The third kappa shape index (κ3) is 4.43. The van der Waals surface area contributed by atoms with Gasteiger partial charge in [0.05, 0.1) is 0 Å². The lowest BCUT2D eigenvalue weighted by molar-refractivity contribution is -0.145. The molecule has 2 fully saturated rings. The largest absolute Gasteiger partial charge is 0.342 e. The second-order valence-corrected chi connectivity index (χ2v) is 8.68. The molecule has 0 unspecified atom stereocenters. The van der Waals surface area contributed by atoms with E-state index >= 15 is 0 Å². The lowest BCUT2D eigenvalue weighted by Gasteiger charge is -2.43. The monoisotopic (exact) mass is 381 g/mol. The minimum atomic E-state index is -0.202. The lowest BCUT2D eigenvalue weighted by atomic mass is 9.78. The molecule has 2 aliphatic rings. The molecule has 0 atom stereocenters. The number of amides is 1. The first-order chi connectivity index (χ1) is 13.6. The van der Waals surface area contributed by atoms with Crippen molar-refractivity contribution in [2.24, 2.45) is 11.3 Å². The van der Waals surface area contributed by atoms with E-state index in [-0.39, 0.29) is 5.41 Å². The zero-order valence-electron chi connectivity index (χ0n) is 16.8. The zero-order chi connectivity index (χ0) is 19.4. The smallest absolute Gasteiger partial charge is 0.228 e. The Balaban J connectivity index is 1.26. The molecule has 0 saturated carbocycles. The molecular formula is C22H31N5O. The number of aromatic nitrogens is 3. The van der Waals surface area contributed by atoms with Crippen LogP contribution in [0.5, 0.6) is 0 Å². The molecule has 1 amide bonds. The molecule has 0 spiro atoms. The van der Waals surface area contributed by atoms with Crippen molar-refractivity contribution in [3.63, 3.8) is 0 Å². The quantitative estimate of drug-likeness (QED) is 0.799. The van der Waals surface area contributed by atoms with Gasteiger partial charge in [0.25, 0.3) is 0 Å². The van der Waals surface area contributed by atoms with Crippen molar-refractivity contribution in [1.82, 2.24) is 24.6 Å². The summed E-state index contributed by atoms with van der Waals surface area (Å²) in [6.45, 7) is 7.83. The van der Waals surface area contributed by atoms with Crippen LogP contribution in [0.3, 0.4) is 0 Å². The number of likely N-dealkylation sites (tertiary alicyclic amines) is 2. The number of rotatable bonds is 5. The number of benzene rings is 1. The van der Waals surface area contributed by atoms with Gasteiger partial charge >= 0.3 is 0 Å². The van der Waals surface area contributed by atoms with Gasteiger partial charge in [-0.25, -0.2) is 4.98 Å². The van der Waals surface area contributed by atoms with Crippen molar-refractivity contribution in [3.05, 3.63) is 48.5 Å². The first-order valence-corrected chi connectivity index (χ1v) is 10.5. The van der Waals surface area contributed by atoms with Crippen LogP contribution in [0.15, 0.2) is 43.0 Å². The lowest BCUT2D eigenvalue weighted by Crippen LogP contribution is -2.50. The third-order valence-electron chi connectivity index (χ3n) is 6.54. The number of carbonyl (C=O) groups excluding carboxylic acids is 1. The third-order valence-corrected chi connectivity index (χ3v) is 6.54. The van der Waals surface area contributed by atoms with Gasteiger partial charge in [-0.2, -0.15) is 5.10 Å². The van der Waals surface area contributed by atoms with Crippen molar-refractivity contribution in [3.8, 4) is 0 Å². The Morgan fingerprint density at radius 2 is 1.82 bits per heavy atom. The summed E-state index contributed by atoms with van der Waals surface area (Å²) in [5.41, 5.74) is 1.15. The Morgan fingerprint density at radius 1 is 1.11 bits per heavy atom. The van der Waals surface area contributed by atoms with E-state index in [1.807, 2.05) is 4.68 Å². The van der Waals surface area contributed by atoms with Gasteiger partial charge in [0.2, 0.25) is 5.91 Å². The van der Waals surface area contributed by atoms with E-state index in [4.69, 9.17) is 0 Å². The molecule has 6 nitrogen and oxygen atoms in total. The van der Waals surface area contributed by atoms with Gasteiger partial charge in [-0.3, -0.25) is 14.4 Å². The number of piperidine rings is 2. The maximum atomic E-state index is 13.2. The van der Waals surface area contributed by atoms with Crippen LogP contribution in [0.2, 0.25) is 0 Å². The minimum Gasteiger partial charge on any atom is -0.342 e. The average molecular weight is 382 g/mol. The average Bonchev–Trinajstić information content (AvgIpc) is 3.24. The molecule has 1 aromatic carbocycles. The summed E-state index contributed by atoms with van der Waals surface area (Å²) >= 11 is 0. The van der Waals surface area contributed by atoms with Crippen LogP contribution in [0, 0.1) is 11.3 Å². The van der Waals surface area contributed by atoms with Crippen LogP contribution in [0.1, 0.15) is 38.2 Å². The molecule has 0 radical (unpaired) electrons. The van der Waals surface area contributed by atoms with Gasteiger partial charge < -0.3 is 4.90 Å². The Labute approximate surface area is 167 Å².